The highest BCUT2D eigenvalue weighted by molar-refractivity contribution is 6.43. The Hall–Kier alpha value is -2.43. The van der Waals surface area contributed by atoms with Gasteiger partial charge in [-0.15, -0.1) is 0 Å². The summed E-state index contributed by atoms with van der Waals surface area (Å²) < 4.78 is 20.0. The van der Waals surface area contributed by atoms with Gasteiger partial charge in [-0.1, -0.05) is 12.1 Å². The summed E-state index contributed by atoms with van der Waals surface area (Å²) in [6, 6.07) is 6.46. The molecule has 0 amide bonds. The van der Waals surface area contributed by atoms with Gasteiger partial charge in [-0.25, -0.2) is 4.39 Å². The molecule has 0 bridgehead atoms. The Kier molecular flexibility index (Phi) is 3.06. The summed E-state index contributed by atoms with van der Waals surface area (Å²) in [6.07, 6.45) is 5.54. The number of hydrogen-bond acceptors (Lipinski definition) is 3. The van der Waals surface area contributed by atoms with Crippen molar-refractivity contribution in [2.24, 2.45) is 4.99 Å². The summed E-state index contributed by atoms with van der Waals surface area (Å²) >= 11 is 0. The molecule has 112 valence electrons. The van der Waals surface area contributed by atoms with Gasteiger partial charge in [0.05, 0.1) is 16.2 Å². The highest BCUT2D eigenvalue weighted by atomic mass is 19.1. The van der Waals surface area contributed by atoms with Gasteiger partial charge < -0.3 is 4.74 Å². The number of halogens is 1. The Morgan fingerprint density at radius 3 is 2.91 bits per heavy atom. The maximum absolute atomic E-state index is 13.2. The summed E-state index contributed by atoms with van der Waals surface area (Å²) in [4.78, 5) is 4.63. The third-order valence-electron chi connectivity index (χ3n) is 4.25. The molecule has 1 aromatic rings. The first-order valence-corrected chi connectivity index (χ1v) is 7.44. The zero-order valence-corrected chi connectivity index (χ0v) is 12.0. The smallest absolute Gasteiger partial charge is 0.421 e. The summed E-state index contributed by atoms with van der Waals surface area (Å²) in [6.45, 7) is 1.18. The average molecular weight is 299 g/mol. The van der Waals surface area contributed by atoms with E-state index in [9.17, 15) is 9.60 Å². The molecule has 0 fully saturated rings. The molecule has 3 heterocycles. The number of hydrogen-bond donors (Lipinski definition) is 1. The van der Waals surface area contributed by atoms with Gasteiger partial charge in [-0.2, -0.15) is 0 Å². The number of aliphatic imine (C=N–C) groups is 1. The van der Waals surface area contributed by atoms with Crippen molar-refractivity contribution < 1.29 is 19.1 Å². The standard InChI is InChI=1S/C17H16FN2O2/c18-12-7-5-11(6-8-12)15-13-3-2-10-22-17(13)20(21)14-4-1-9-19-16(14)15/h2-3,5-8,15,21H,1,4,9-10H2/q+1. The topological polar surface area (TPSA) is 44.8 Å². The Morgan fingerprint density at radius 2 is 2.09 bits per heavy atom. The molecule has 0 saturated heterocycles. The van der Waals surface area contributed by atoms with Crippen molar-refractivity contribution >= 4 is 11.4 Å². The van der Waals surface area contributed by atoms with Gasteiger partial charge in [0.25, 0.3) is 5.71 Å². The summed E-state index contributed by atoms with van der Waals surface area (Å²) in [5.74, 6) is 0.0845. The number of hydroxylamine groups is 1. The van der Waals surface area contributed by atoms with E-state index in [1.165, 1.54) is 12.1 Å². The van der Waals surface area contributed by atoms with Crippen molar-refractivity contribution in [3.05, 3.63) is 59.3 Å². The zero-order chi connectivity index (χ0) is 15.1. The molecule has 4 nitrogen and oxygen atoms in total. The van der Waals surface area contributed by atoms with Gasteiger partial charge in [0.15, 0.2) is 0 Å². The lowest BCUT2D eigenvalue weighted by molar-refractivity contribution is -0.756. The summed E-state index contributed by atoms with van der Waals surface area (Å²) in [5, 5.41) is 10.4. The molecular formula is C17H16FN2O2+. The fourth-order valence-electron chi connectivity index (χ4n) is 3.26. The Balaban J connectivity index is 1.91. The van der Waals surface area contributed by atoms with Gasteiger partial charge >= 0.3 is 5.88 Å². The molecule has 1 N–H and O–H groups in total. The van der Waals surface area contributed by atoms with E-state index >= 15 is 0 Å². The van der Waals surface area contributed by atoms with Crippen LogP contribution in [0, 0.1) is 5.82 Å². The molecule has 0 saturated carbocycles. The first-order chi connectivity index (χ1) is 10.8. The van der Waals surface area contributed by atoms with Gasteiger partial charge in [0, 0.05) is 13.0 Å². The molecule has 5 heteroatoms. The van der Waals surface area contributed by atoms with Crippen LogP contribution in [0.4, 0.5) is 4.39 Å². The van der Waals surface area contributed by atoms with E-state index in [4.69, 9.17) is 4.74 Å². The van der Waals surface area contributed by atoms with Gasteiger partial charge in [-0.3, -0.25) is 10.2 Å². The maximum atomic E-state index is 13.2. The van der Waals surface area contributed by atoms with Crippen molar-refractivity contribution in [1.29, 1.82) is 0 Å². The third-order valence-corrected chi connectivity index (χ3v) is 4.25. The fraction of sp³-hybridized carbons (Fsp3) is 0.294. The predicted octanol–water partition coefficient (Wildman–Crippen LogP) is 2.80. The minimum Gasteiger partial charge on any atom is -0.437 e. The van der Waals surface area contributed by atoms with Crippen LogP contribution in [0.15, 0.2) is 52.9 Å². The van der Waals surface area contributed by atoms with E-state index in [-0.39, 0.29) is 11.7 Å². The van der Waals surface area contributed by atoms with E-state index in [1.807, 2.05) is 12.2 Å². The van der Waals surface area contributed by atoms with Crippen molar-refractivity contribution in [3.63, 3.8) is 0 Å². The molecule has 0 aliphatic carbocycles. The molecular weight excluding hydrogens is 283 g/mol. The summed E-state index contributed by atoms with van der Waals surface area (Å²) in [5.41, 5.74) is 3.46. The van der Waals surface area contributed by atoms with E-state index in [0.717, 1.165) is 46.7 Å². The second-order valence-electron chi connectivity index (χ2n) is 5.59. The molecule has 1 atom stereocenters. The predicted molar refractivity (Wildman–Crippen MR) is 79.8 cm³/mol. The van der Waals surface area contributed by atoms with E-state index in [1.54, 1.807) is 12.1 Å². The Morgan fingerprint density at radius 1 is 1.27 bits per heavy atom. The van der Waals surface area contributed by atoms with Crippen LogP contribution in [0.2, 0.25) is 0 Å². The van der Waals surface area contributed by atoms with Crippen molar-refractivity contribution in [2.75, 3.05) is 13.2 Å². The van der Waals surface area contributed by atoms with Crippen molar-refractivity contribution in [1.82, 2.24) is 0 Å². The molecule has 1 unspecified atom stereocenters. The monoisotopic (exact) mass is 299 g/mol. The second kappa shape index (κ2) is 5.09. The lowest BCUT2D eigenvalue weighted by Crippen LogP contribution is -2.40. The van der Waals surface area contributed by atoms with Gasteiger partial charge in [0.1, 0.15) is 18.1 Å². The first kappa shape index (κ1) is 13.2. The van der Waals surface area contributed by atoms with Crippen LogP contribution in [0.1, 0.15) is 24.3 Å². The molecule has 0 radical (unpaired) electrons. The van der Waals surface area contributed by atoms with Crippen LogP contribution in [0.3, 0.4) is 0 Å². The highest BCUT2D eigenvalue weighted by Crippen LogP contribution is 2.37. The molecule has 1 aromatic carbocycles. The minimum atomic E-state index is -0.261. The SMILES string of the molecule is O[N+]1=C2CCCN=C2C(c2ccc(F)cc2)C2=C1OCC=C2. The van der Waals surface area contributed by atoms with Crippen molar-refractivity contribution in [2.45, 2.75) is 18.8 Å². The Labute approximate surface area is 127 Å². The van der Waals surface area contributed by atoms with Crippen LogP contribution in [0.25, 0.3) is 0 Å². The lowest BCUT2D eigenvalue weighted by Gasteiger charge is -2.27. The second-order valence-corrected chi connectivity index (χ2v) is 5.59. The molecule has 0 aromatic heterocycles. The molecule has 0 spiro atoms. The maximum Gasteiger partial charge on any atom is 0.421 e. The van der Waals surface area contributed by atoms with Crippen LogP contribution in [0.5, 0.6) is 0 Å². The van der Waals surface area contributed by atoms with Gasteiger partial charge in [-0.05, 0) is 36.3 Å². The quantitative estimate of drug-likeness (QED) is 0.640. The largest absolute Gasteiger partial charge is 0.437 e. The number of rotatable bonds is 1. The molecule has 22 heavy (non-hydrogen) atoms. The fourth-order valence-corrected chi connectivity index (χ4v) is 3.26. The number of nitrogens with zero attached hydrogens (tertiary/aromatic N) is 2. The molecule has 3 aliphatic heterocycles. The van der Waals surface area contributed by atoms with E-state index < -0.39 is 0 Å². The van der Waals surface area contributed by atoms with Crippen LogP contribution in [-0.4, -0.2) is 34.5 Å². The van der Waals surface area contributed by atoms with E-state index in [0.29, 0.717) is 12.5 Å². The molecule has 3 aliphatic rings. The molecule has 4 rings (SSSR count). The highest BCUT2D eigenvalue weighted by Gasteiger charge is 2.44. The van der Waals surface area contributed by atoms with Gasteiger partial charge in [0.2, 0.25) is 0 Å². The number of benzene rings is 1. The number of ether oxygens (including phenoxy) is 1. The minimum absolute atomic E-state index is 0.120. The van der Waals surface area contributed by atoms with E-state index in [2.05, 4.69) is 4.99 Å². The van der Waals surface area contributed by atoms with Crippen molar-refractivity contribution in [3.8, 4) is 0 Å². The Bertz CT molecular complexity index is 744. The number of fused-ring (bicyclic) bond motifs is 1. The van der Waals surface area contributed by atoms with Crippen LogP contribution in [-0.2, 0) is 4.74 Å². The van der Waals surface area contributed by atoms with Crippen LogP contribution < -0.4 is 0 Å². The van der Waals surface area contributed by atoms with Crippen LogP contribution >= 0.6 is 0 Å². The number of allylic oxidation sites excluding steroid dienone is 2. The summed E-state index contributed by atoms with van der Waals surface area (Å²) in [7, 11) is 0. The third kappa shape index (κ3) is 1.96. The lowest BCUT2D eigenvalue weighted by atomic mass is 9.80. The normalized spacial score (nSPS) is 23.7. The average Bonchev–Trinajstić information content (AvgIpc) is 2.57. The zero-order valence-electron chi connectivity index (χ0n) is 12.0. The first-order valence-electron chi connectivity index (χ1n) is 7.44.